The molecule has 0 saturated carbocycles. The van der Waals surface area contributed by atoms with E-state index < -0.39 is 0 Å². The number of nitrogens with zero attached hydrogens (tertiary/aromatic N) is 3. The molecule has 0 bridgehead atoms. The lowest BCUT2D eigenvalue weighted by Gasteiger charge is -2.31. The third kappa shape index (κ3) is 4.86. The fourth-order valence-electron chi connectivity index (χ4n) is 3.66. The van der Waals surface area contributed by atoms with Gasteiger partial charge in [-0.2, -0.15) is 0 Å². The van der Waals surface area contributed by atoms with Crippen molar-refractivity contribution >= 4 is 45.6 Å². The normalized spacial score (nSPS) is 16.8. The SMILES string of the molecule is CCN1CCOC(COc2cc3ncnc(Nc4ccc(C)c(Cl)c4Cl)c3cc2OC)C1. The van der Waals surface area contributed by atoms with Crippen LogP contribution in [-0.2, 0) is 4.74 Å². The van der Waals surface area contributed by atoms with E-state index >= 15 is 0 Å². The molecular weight excluding hydrogens is 451 g/mol. The number of anilines is 2. The molecule has 1 aromatic heterocycles. The van der Waals surface area contributed by atoms with Crippen LogP contribution in [0.15, 0.2) is 30.6 Å². The smallest absolute Gasteiger partial charge is 0.163 e. The Morgan fingerprint density at radius 3 is 2.81 bits per heavy atom. The quantitative estimate of drug-likeness (QED) is 0.508. The predicted octanol–water partition coefficient (Wildman–Crippen LogP) is 5.10. The van der Waals surface area contributed by atoms with E-state index in [1.54, 1.807) is 7.11 Å². The molecule has 1 aliphatic heterocycles. The number of methoxy groups -OCH3 is 1. The Balaban J connectivity index is 1.59. The average Bonchev–Trinajstić information content (AvgIpc) is 2.82. The molecule has 1 saturated heterocycles. The minimum absolute atomic E-state index is 0.0140. The minimum Gasteiger partial charge on any atom is -0.493 e. The van der Waals surface area contributed by atoms with Crippen LogP contribution in [0.3, 0.4) is 0 Å². The Labute approximate surface area is 197 Å². The monoisotopic (exact) mass is 476 g/mol. The summed E-state index contributed by atoms with van der Waals surface area (Å²) in [5.41, 5.74) is 2.28. The van der Waals surface area contributed by atoms with E-state index in [9.17, 15) is 0 Å². The number of benzene rings is 2. The number of likely N-dealkylation sites (N-methyl/N-ethyl adjacent to an activating group) is 1. The molecule has 1 unspecified atom stereocenters. The first-order valence-corrected chi connectivity index (χ1v) is 11.3. The molecule has 7 nitrogen and oxygen atoms in total. The molecule has 0 spiro atoms. The van der Waals surface area contributed by atoms with E-state index in [4.69, 9.17) is 37.4 Å². The summed E-state index contributed by atoms with van der Waals surface area (Å²) in [5, 5.41) is 4.99. The maximum atomic E-state index is 6.42. The first kappa shape index (κ1) is 22.9. The average molecular weight is 477 g/mol. The molecule has 2 aromatic carbocycles. The number of rotatable bonds is 7. The van der Waals surface area contributed by atoms with Gasteiger partial charge in [-0.3, -0.25) is 4.90 Å². The van der Waals surface area contributed by atoms with Gasteiger partial charge in [-0.25, -0.2) is 9.97 Å². The predicted molar refractivity (Wildman–Crippen MR) is 128 cm³/mol. The van der Waals surface area contributed by atoms with Crippen LogP contribution in [0, 0.1) is 6.92 Å². The lowest BCUT2D eigenvalue weighted by Crippen LogP contribution is -2.44. The Morgan fingerprint density at radius 2 is 2.03 bits per heavy atom. The van der Waals surface area contributed by atoms with Gasteiger partial charge in [0.05, 0.1) is 35.0 Å². The minimum atomic E-state index is 0.0140. The molecule has 3 aromatic rings. The van der Waals surface area contributed by atoms with Crippen LogP contribution in [0.1, 0.15) is 12.5 Å². The number of nitrogens with one attached hydrogen (secondary N) is 1. The second-order valence-corrected chi connectivity index (χ2v) is 8.38. The zero-order valence-electron chi connectivity index (χ0n) is 18.3. The molecule has 2 heterocycles. The first-order chi connectivity index (χ1) is 15.5. The second-order valence-electron chi connectivity index (χ2n) is 7.62. The fourth-order valence-corrected chi connectivity index (χ4v) is 4.08. The molecule has 4 rings (SSSR count). The Kier molecular flexibility index (Phi) is 7.20. The van der Waals surface area contributed by atoms with Gasteiger partial charge in [0.15, 0.2) is 11.5 Å². The fraction of sp³-hybridized carbons (Fsp3) is 0.391. The number of halogens is 2. The number of fused-ring (bicyclic) bond motifs is 1. The van der Waals surface area contributed by atoms with Crippen molar-refractivity contribution in [3.05, 3.63) is 46.2 Å². The van der Waals surface area contributed by atoms with Crippen molar-refractivity contribution in [3.63, 3.8) is 0 Å². The second kappa shape index (κ2) is 10.1. The summed E-state index contributed by atoms with van der Waals surface area (Å²) >= 11 is 12.7. The number of aromatic nitrogens is 2. The van der Waals surface area contributed by atoms with Gasteiger partial charge in [0.2, 0.25) is 0 Å². The zero-order chi connectivity index (χ0) is 22.7. The van der Waals surface area contributed by atoms with Crippen LogP contribution in [-0.4, -0.2) is 60.9 Å². The summed E-state index contributed by atoms with van der Waals surface area (Å²) in [6.07, 6.45) is 1.51. The van der Waals surface area contributed by atoms with Crippen molar-refractivity contribution in [1.29, 1.82) is 0 Å². The summed E-state index contributed by atoms with van der Waals surface area (Å²) in [4.78, 5) is 11.2. The van der Waals surface area contributed by atoms with Gasteiger partial charge in [-0.1, -0.05) is 36.2 Å². The zero-order valence-corrected chi connectivity index (χ0v) is 19.8. The van der Waals surface area contributed by atoms with E-state index in [0.717, 1.165) is 30.6 Å². The number of hydrogen-bond acceptors (Lipinski definition) is 7. The molecule has 170 valence electrons. The van der Waals surface area contributed by atoms with Gasteiger partial charge in [0, 0.05) is 24.5 Å². The van der Waals surface area contributed by atoms with Crippen LogP contribution in [0.5, 0.6) is 11.5 Å². The van der Waals surface area contributed by atoms with Gasteiger partial charge in [0.25, 0.3) is 0 Å². The largest absolute Gasteiger partial charge is 0.493 e. The van der Waals surface area contributed by atoms with Crippen molar-refractivity contribution in [1.82, 2.24) is 14.9 Å². The van der Waals surface area contributed by atoms with Crippen molar-refractivity contribution in [2.75, 3.05) is 45.3 Å². The van der Waals surface area contributed by atoms with E-state index in [2.05, 4.69) is 27.1 Å². The van der Waals surface area contributed by atoms with E-state index in [-0.39, 0.29) is 6.10 Å². The third-order valence-corrected chi connectivity index (χ3v) is 6.52. The van der Waals surface area contributed by atoms with Crippen LogP contribution in [0.25, 0.3) is 10.9 Å². The molecule has 9 heteroatoms. The summed E-state index contributed by atoms with van der Waals surface area (Å²) in [6, 6.07) is 7.48. The van der Waals surface area contributed by atoms with Gasteiger partial charge < -0.3 is 19.5 Å². The molecule has 0 aliphatic carbocycles. The Hall–Kier alpha value is -2.32. The summed E-state index contributed by atoms with van der Waals surface area (Å²) in [7, 11) is 1.61. The molecule has 0 amide bonds. The van der Waals surface area contributed by atoms with Crippen molar-refractivity contribution < 1.29 is 14.2 Å². The highest BCUT2D eigenvalue weighted by Crippen LogP contribution is 2.38. The summed E-state index contributed by atoms with van der Waals surface area (Å²) in [5.74, 6) is 1.79. The van der Waals surface area contributed by atoms with Crippen LogP contribution >= 0.6 is 23.2 Å². The highest BCUT2D eigenvalue weighted by Gasteiger charge is 2.21. The van der Waals surface area contributed by atoms with E-state index in [1.807, 2.05) is 31.2 Å². The molecule has 1 N–H and O–H groups in total. The topological polar surface area (TPSA) is 68.7 Å². The molecular formula is C23H26Cl2N4O3. The van der Waals surface area contributed by atoms with E-state index in [0.29, 0.717) is 51.8 Å². The van der Waals surface area contributed by atoms with Crippen molar-refractivity contribution in [3.8, 4) is 11.5 Å². The molecule has 32 heavy (non-hydrogen) atoms. The number of ether oxygens (including phenoxy) is 3. The van der Waals surface area contributed by atoms with Gasteiger partial charge >= 0.3 is 0 Å². The molecule has 0 radical (unpaired) electrons. The van der Waals surface area contributed by atoms with Crippen molar-refractivity contribution in [2.45, 2.75) is 20.0 Å². The van der Waals surface area contributed by atoms with Crippen LogP contribution in [0.4, 0.5) is 11.5 Å². The lowest BCUT2D eigenvalue weighted by atomic mass is 10.2. The molecule has 1 aliphatic rings. The molecule has 1 atom stereocenters. The van der Waals surface area contributed by atoms with Gasteiger partial charge in [0.1, 0.15) is 24.9 Å². The molecule has 1 fully saturated rings. The summed E-state index contributed by atoms with van der Waals surface area (Å²) in [6.45, 7) is 8.01. The van der Waals surface area contributed by atoms with Gasteiger partial charge in [-0.05, 0) is 31.2 Å². The lowest BCUT2D eigenvalue weighted by molar-refractivity contribution is -0.0466. The highest BCUT2D eigenvalue weighted by molar-refractivity contribution is 6.44. The van der Waals surface area contributed by atoms with Crippen molar-refractivity contribution in [2.24, 2.45) is 0 Å². The van der Waals surface area contributed by atoms with Crippen LogP contribution < -0.4 is 14.8 Å². The van der Waals surface area contributed by atoms with Gasteiger partial charge in [-0.15, -0.1) is 0 Å². The maximum absolute atomic E-state index is 6.42. The number of morpholine rings is 1. The summed E-state index contributed by atoms with van der Waals surface area (Å²) < 4.78 is 17.5. The Morgan fingerprint density at radius 1 is 1.19 bits per heavy atom. The number of aryl methyl sites for hydroxylation is 1. The van der Waals surface area contributed by atoms with Crippen LogP contribution in [0.2, 0.25) is 10.0 Å². The first-order valence-electron chi connectivity index (χ1n) is 10.5. The maximum Gasteiger partial charge on any atom is 0.163 e. The Bertz CT molecular complexity index is 1110. The highest BCUT2D eigenvalue weighted by atomic mass is 35.5. The number of hydrogen-bond donors (Lipinski definition) is 1. The third-order valence-electron chi connectivity index (χ3n) is 5.54. The standard InChI is InChI=1S/C23H26Cl2N4O3/c1-4-29-7-8-31-15(11-29)12-32-20-10-18-16(9-19(20)30-3)23(27-13-26-18)28-17-6-5-14(2)21(24)22(17)25/h5-6,9-10,13,15H,4,7-8,11-12H2,1-3H3,(H,26,27,28). The van der Waals surface area contributed by atoms with E-state index in [1.165, 1.54) is 6.33 Å².